The first-order valence-corrected chi connectivity index (χ1v) is 6.36. The van der Waals surface area contributed by atoms with Crippen LogP contribution < -0.4 is 5.32 Å². The molecule has 2 rings (SSSR count). The number of rotatable bonds is 2. The summed E-state index contributed by atoms with van der Waals surface area (Å²) >= 11 is 0. The summed E-state index contributed by atoms with van der Waals surface area (Å²) < 4.78 is 0. The highest BCUT2D eigenvalue weighted by molar-refractivity contribution is 5.35. The molecule has 17 heavy (non-hydrogen) atoms. The second-order valence-electron chi connectivity index (χ2n) is 5.39. The van der Waals surface area contributed by atoms with Crippen LogP contribution >= 0.6 is 0 Å². The Hall–Kier alpha value is -1.33. The van der Waals surface area contributed by atoms with Crippen LogP contribution in [0.1, 0.15) is 43.7 Å². The van der Waals surface area contributed by atoms with Gasteiger partial charge in [0.05, 0.1) is 11.5 Å². The maximum Gasteiger partial charge on any atom is 0.0766 e. The molecule has 0 aliphatic carbocycles. The molecule has 1 aromatic rings. The minimum absolute atomic E-state index is 0.386. The third-order valence-electron chi connectivity index (χ3n) is 3.70. The molecule has 0 radical (unpaired) electrons. The Kier molecular flexibility index (Phi) is 3.49. The van der Waals surface area contributed by atoms with Gasteiger partial charge in [0.1, 0.15) is 0 Å². The van der Waals surface area contributed by atoms with Crippen molar-refractivity contribution < 1.29 is 0 Å². The van der Waals surface area contributed by atoms with E-state index in [1.807, 2.05) is 13.8 Å². The fourth-order valence-corrected chi connectivity index (χ4v) is 2.40. The monoisotopic (exact) mass is 228 g/mol. The van der Waals surface area contributed by atoms with Crippen molar-refractivity contribution in [2.24, 2.45) is 0 Å². The predicted molar refractivity (Wildman–Crippen MR) is 69.9 cm³/mol. The van der Waals surface area contributed by atoms with Crippen molar-refractivity contribution in [3.8, 4) is 6.07 Å². The average Bonchev–Trinajstić information content (AvgIpc) is 2.40. The zero-order valence-electron chi connectivity index (χ0n) is 10.7. The number of piperidine rings is 1. The van der Waals surface area contributed by atoms with Crippen LogP contribution in [0.2, 0.25) is 0 Å². The average molecular weight is 228 g/mol. The van der Waals surface area contributed by atoms with Gasteiger partial charge in [-0.15, -0.1) is 0 Å². The molecule has 1 aliphatic heterocycles. The normalized spacial score (nSPS) is 17.7. The zero-order chi connectivity index (χ0) is 12.3. The first-order chi connectivity index (χ1) is 8.13. The Labute approximate surface area is 104 Å². The van der Waals surface area contributed by atoms with E-state index in [2.05, 4.69) is 35.7 Å². The maximum absolute atomic E-state index is 9.19. The third kappa shape index (κ3) is 2.68. The fourth-order valence-electron chi connectivity index (χ4n) is 2.40. The predicted octanol–water partition coefficient (Wildman–Crippen LogP) is 2.95. The van der Waals surface area contributed by atoms with Gasteiger partial charge in [-0.1, -0.05) is 24.3 Å². The molecule has 1 heterocycles. The Morgan fingerprint density at radius 2 is 2.00 bits per heavy atom. The SMILES string of the molecule is CC(C)(C#N)c1cccc(C2CCNCC2)c1. The van der Waals surface area contributed by atoms with Crippen molar-refractivity contribution in [1.29, 1.82) is 5.26 Å². The van der Waals surface area contributed by atoms with Crippen LogP contribution in [0.5, 0.6) is 0 Å². The first kappa shape index (κ1) is 12.1. The molecule has 1 N–H and O–H groups in total. The van der Waals surface area contributed by atoms with Gasteiger partial charge in [0.25, 0.3) is 0 Å². The maximum atomic E-state index is 9.19. The number of hydrogen-bond donors (Lipinski definition) is 1. The molecule has 0 spiro atoms. The molecule has 90 valence electrons. The zero-order valence-corrected chi connectivity index (χ0v) is 10.7. The van der Waals surface area contributed by atoms with Crippen LogP contribution in [0.15, 0.2) is 24.3 Å². The Morgan fingerprint density at radius 1 is 1.29 bits per heavy atom. The number of benzene rings is 1. The summed E-state index contributed by atoms with van der Waals surface area (Å²) in [6.07, 6.45) is 2.41. The van der Waals surface area contributed by atoms with E-state index >= 15 is 0 Å². The molecular weight excluding hydrogens is 208 g/mol. The van der Waals surface area contributed by atoms with Gasteiger partial charge in [-0.3, -0.25) is 0 Å². The quantitative estimate of drug-likeness (QED) is 0.844. The lowest BCUT2D eigenvalue weighted by atomic mass is 9.82. The van der Waals surface area contributed by atoms with E-state index < -0.39 is 0 Å². The summed E-state index contributed by atoms with van der Waals surface area (Å²) in [6, 6.07) is 11.0. The molecule has 0 saturated carbocycles. The van der Waals surface area contributed by atoms with E-state index in [1.165, 1.54) is 18.4 Å². The van der Waals surface area contributed by atoms with E-state index in [4.69, 9.17) is 0 Å². The highest BCUT2D eigenvalue weighted by Crippen LogP contribution is 2.29. The lowest BCUT2D eigenvalue weighted by Gasteiger charge is -2.25. The lowest BCUT2D eigenvalue weighted by Crippen LogP contribution is -2.26. The highest BCUT2D eigenvalue weighted by Gasteiger charge is 2.22. The standard InChI is InChI=1S/C15H20N2/c1-15(2,11-16)14-5-3-4-13(10-14)12-6-8-17-9-7-12/h3-5,10,12,17H,6-9H2,1-2H3. The molecular formula is C15H20N2. The number of nitriles is 1. The minimum Gasteiger partial charge on any atom is -0.317 e. The van der Waals surface area contributed by atoms with Crippen LogP contribution in [0.4, 0.5) is 0 Å². The number of nitrogens with zero attached hydrogens (tertiary/aromatic N) is 1. The van der Waals surface area contributed by atoms with Crippen molar-refractivity contribution in [2.45, 2.75) is 38.0 Å². The summed E-state index contributed by atoms with van der Waals surface area (Å²) in [5.74, 6) is 0.658. The van der Waals surface area contributed by atoms with Gasteiger partial charge in [-0.05, 0) is 56.8 Å². The molecule has 0 aromatic heterocycles. The van der Waals surface area contributed by atoms with Gasteiger partial charge >= 0.3 is 0 Å². The molecule has 0 amide bonds. The summed E-state index contributed by atoms with van der Waals surface area (Å²) in [4.78, 5) is 0. The molecule has 1 saturated heterocycles. The van der Waals surface area contributed by atoms with Crippen LogP contribution in [0.3, 0.4) is 0 Å². The summed E-state index contributed by atoms with van der Waals surface area (Å²) in [5, 5.41) is 12.6. The second kappa shape index (κ2) is 4.89. The van der Waals surface area contributed by atoms with E-state index in [0.717, 1.165) is 18.7 Å². The number of nitrogens with one attached hydrogen (secondary N) is 1. The Balaban J connectivity index is 2.25. The largest absolute Gasteiger partial charge is 0.317 e. The van der Waals surface area contributed by atoms with Crippen LogP contribution in [-0.2, 0) is 5.41 Å². The highest BCUT2D eigenvalue weighted by atomic mass is 14.9. The van der Waals surface area contributed by atoms with Crippen LogP contribution in [0.25, 0.3) is 0 Å². The minimum atomic E-state index is -0.386. The van der Waals surface area contributed by atoms with Gasteiger partial charge < -0.3 is 5.32 Å². The summed E-state index contributed by atoms with van der Waals surface area (Å²) in [6.45, 7) is 6.18. The summed E-state index contributed by atoms with van der Waals surface area (Å²) in [5.41, 5.74) is 2.14. The second-order valence-corrected chi connectivity index (χ2v) is 5.39. The van der Waals surface area contributed by atoms with Crippen molar-refractivity contribution in [1.82, 2.24) is 5.32 Å². The van der Waals surface area contributed by atoms with Gasteiger partial charge in [-0.2, -0.15) is 5.26 Å². The molecule has 1 aliphatic rings. The van der Waals surface area contributed by atoms with Crippen molar-refractivity contribution in [3.05, 3.63) is 35.4 Å². The molecule has 2 nitrogen and oxygen atoms in total. The first-order valence-electron chi connectivity index (χ1n) is 6.36. The van der Waals surface area contributed by atoms with Crippen LogP contribution in [-0.4, -0.2) is 13.1 Å². The third-order valence-corrected chi connectivity index (χ3v) is 3.70. The molecule has 2 heteroatoms. The number of hydrogen-bond acceptors (Lipinski definition) is 2. The summed E-state index contributed by atoms with van der Waals surface area (Å²) in [7, 11) is 0. The van der Waals surface area contributed by atoms with Gasteiger partial charge in [0, 0.05) is 0 Å². The topological polar surface area (TPSA) is 35.8 Å². The molecule has 1 aromatic carbocycles. The van der Waals surface area contributed by atoms with Gasteiger partial charge in [0.15, 0.2) is 0 Å². The van der Waals surface area contributed by atoms with E-state index in [1.54, 1.807) is 0 Å². The smallest absolute Gasteiger partial charge is 0.0766 e. The fraction of sp³-hybridized carbons (Fsp3) is 0.533. The van der Waals surface area contributed by atoms with Crippen molar-refractivity contribution >= 4 is 0 Å². The van der Waals surface area contributed by atoms with Gasteiger partial charge in [-0.25, -0.2) is 0 Å². The van der Waals surface area contributed by atoms with E-state index in [-0.39, 0.29) is 5.41 Å². The molecule has 0 bridgehead atoms. The van der Waals surface area contributed by atoms with Crippen molar-refractivity contribution in [3.63, 3.8) is 0 Å². The van der Waals surface area contributed by atoms with Crippen LogP contribution in [0, 0.1) is 11.3 Å². The van der Waals surface area contributed by atoms with Gasteiger partial charge in [0.2, 0.25) is 0 Å². The van der Waals surface area contributed by atoms with Crippen molar-refractivity contribution in [2.75, 3.05) is 13.1 Å². The Morgan fingerprint density at radius 3 is 2.65 bits per heavy atom. The molecule has 1 fully saturated rings. The molecule has 0 atom stereocenters. The molecule has 0 unspecified atom stereocenters. The Bertz CT molecular complexity index is 423. The lowest BCUT2D eigenvalue weighted by molar-refractivity contribution is 0.460. The van der Waals surface area contributed by atoms with E-state index in [0.29, 0.717) is 5.92 Å². The van der Waals surface area contributed by atoms with E-state index in [9.17, 15) is 5.26 Å².